The fourth-order valence-corrected chi connectivity index (χ4v) is 2.45. The highest BCUT2D eigenvalue weighted by molar-refractivity contribution is 5.93. The van der Waals surface area contributed by atoms with Crippen LogP contribution in [0, 0.1) is 6.92 Å². The molecule has 0 aliphatic rings. The van der Waals surface area contributed by atoms with Crippen LogP contribution in [0.1, 0.15) is 41.5 Å². The summed E-state index contributed by atoms with van der Waals surface area (Å²) >= 11 is 0. The number of H-pyrrole nitrogens is 2. The quantitative estimate of drug-likeness (QED) is 0.638. The third-order valence-electron chi connectivity index (χ3n) is 3.85. The van der Waals surface area contributed by atoms with Gasteiger partial charge in [-0.05, 0) is 43.7 Å². The first kappa shape index (κ1) is 16.7. The number of amides is 1. The minimum Gasteiger partial charge on any atom is -0.497 e. The zero-order valence-electron chi connectivity index (χ0n) is 14.3. The van der Waals surface area contributed by atoms with Crippen molar-refractivity contribution in [1.29, 1.82) is 0 Å². The van der Waals surface area contributed by atoms with Crippen molar-refractivity contribution in [3.8, 4) is 17.0 Å². The first-order chi connectivity index (χ1) is 12.1. The number of benzene rings is 1. The normalized spacial score (nSPS) is 12.0. The van der Waals surface area contributed by atoms with Crippen molar-refractivity contribution in [3.63, 3.8) is 0 Å². The maximum atomic E-state index is 12.5. The molecular formula is C17H20N6O2. The second-order valence-corrected chi connectivity index (χ2v) is 5.61. The van der Waals surface area contributed by atoms with Gasteiger partial charge in [-0.2, -0.15) is 10.2 Å². The molecule has 0 saturated heterocycles. The van der Waals surface area contributed by atoms with Gasteiger partial charge in [-0.1, -0.05) is 6.92 Å². The Morgan fingerprint density at radius 2 is 2.00 bits per heavy atom. The zero-order valence-corrected chi connectivity index (χ0v) is 14.3. The Bertz CT molecular complexity index is 852. The maximum absolute atomic E-state index is 12.5. The Balaban J connectivity index is 1.73. The van der Waals surface area contributed by atoms with Crippen molar-refractivity contribution >= 4 is 5.91 Å². The van der Waals surface area contributed by atoms with Crippen molar-refractivity contribution in [2.24, 2.45) is 0 Å². The molecule has 8 heteroatoms. The van der Waals surface area contributed by atoms with Gasteiger partial charge >= 0.3 is 0 Å². The molecule has 2 aromatic heterocycles. The molecule has 3 aromatic rings. The zero-order chi connectivity index (χ0) is 17.8. The maximum Gasteiger partial charge on any atom is 0.269 e. The first-order valence-electron chi connectivity index (χ1n) is 8.00. The van der Waals surface area contributed by atoms with E-state index < -0.39 is 0 Å². The molecule has 0 spiro atoms. The van der Waals surface area contributed by atoms with E-state index in [1.807, 2.05) is 38.1 Å². The van der Waals surface area contributed by atoms with Crippen LogP contribution in [0.4, 0.5) is 0 Å². The number of aromatic nitrogens is 5. The highest BCUT2D eigenvalue weighted by atomic mass is 16.5. The lowest BCUT2D eigenvalue weighted by Gasteiger charge is -2.12. The summed E-state index contributed by atoms with van der Waals surface area (Å²) in [6.45, 7) is 3.79. The van der Waals surface area contributed by atoms with Crippen LogP contribution in [-0.4, -0.2) is 38.4 Å². The molecule has 0 saturated carbocycles. The number of ether oxygens (including phenoxy) is 1. The molecule has 3 rings (SSSR count). The van der Waals surface area contributed by atoms with Crippen molar-refractivity contribution in [3.05, 3.63) is 47.7 Å². The number of aryl methyl sites for hydroxylation is 1. The minimum atomic E-state index is -0.259. The average molecular weight is 340 g/mol. The number of rotatable bonds is 6. The molecule has 25 heavy (non-hydrogen) atoms. The first-order valence-corrected chi connectivity index (χ1v) is 8.00. The van der Waals surface area contributed by atoms with Gasteiger partial charge in [0.2, 0.25) is 0 Å². The smallest absolute Gasteiger partial charge is 0.269 e. The third kappa shape index (κ3) is 3.68. The van der Waals surface area contributed by atoms with E-state index in [0.717, 1.165) is 11.3 Å². The van der Waals surface area contributed by atoms with Crippen molar-refractivity contribution in [2.75, 3.05) is 7.11 Å². The summed E-state index contributed by atoms with van der Waals surface area (Å²) in [7, 11) is 1.62. The summed E-state index contributed by atoms with van der Waals surface area (Å²) in [6, 6.07) is 8.94. The Kier molecular flexibility index (Phi) is 4.78. The summed E-state index contributed by atoms with van der Waals surface area (Å²) in [5.41, 5.74) is 1.97. The molecule has 0 bridgehead atoms. The van der Waals surface area contributed by atoms with E-state index in [9.17, 15) is 4.79 Å². The average Bonchev–Trinajstić information content (AvgIpc) is 3.29. The van der Waals surface area contributed by atoms with Crippen LogP contribution in [0.5, 0.6) is 5.75 Å². The highest BCUT2D eigenvalue weighted by Gasteiger charge is 2.19. The van der Waals surface area contributed by atoms with Crippen LogP contribution in [0.2, 0.25) is 0 Å². The summed E-state index contributed by atoms with van der Waals surface area (Å²) in [5.74, 6) is 1.81. The Morgan fingerprint density at radius 3 is 2.60 bits per heavy atom. The fourth-order valence-electron chi connectivity index (χ4n) is 2.45. The number of aromatic amines is 2. The van der Waals surface area contributed by atoms with Crippen LogP contribution in [0.25, 0.3) is 11.3 Å². The second kappa shape index (κ2) is 7.16. The molecule has 1 atom stereocenters. The summed E-state index contributed by atoms with van der Waals surface area (Å²) in [6.07, 6.45) is 0.683. The molecule has 8 nitrogen and oxygen atoms in total. The Hall–Kier alpha value is -3.16. The predicted molar refractivity (Wildman–Crippen MR) is 92.2 cm³/mol. The third-order valence-corrected chi connectivity index (χ3v) is 3.85. The number of hydrogen-bond donors (Lipinski definition) is 3. The molecule has 0 fully saturated rings. The molecule has 1 aromatic carbocycles. The van der Waals surface area contributed by atoms with E-state index in [0.29, 0.717) is 29.5 Å². The van der Waals surface area contributed by atoms with Gasteiger partial charge in [0.05, 0.1) is 18.8 Å². The van der Waals surface area contributed by atoms with Gasteiger partial charge in [0.25, 0.3) is 5.91 Å². The molecule has 3 N–H and O–H groups in total. The monoisotopic (exact) mass is 340 g/mol. The van der Waals surface area contributed by atoms with Crippen LogP contribution < -0.4 is 10.1 Å². The van der Waals surface area contributed by atoms with Gasteiger partial charge in [0, 0.05) is 5.56 Å². The standard InChI is InChI=1S/C17H20N6O2/c1-4-13(16-18-10(2)20-23-16)19-17(24)15-9-14(21-22-15)11-5-7-12(25-3)8-6-11/h5-9,13H,4H2,1-3H3,(H,19,24)(H,21,22)(H,18,20,23). The Morgan fingerprint density at radius 1 is 1.24 bits per heavy atom. The van der Waals surface area contributed by atoms with Crippen LogP contribution >= 0.6 is 0 Å². The molecular weight excluding hydrogens is 320 g/mol. The summed E-state index contributed by atoms with van der Waals surface area (Å²) < 4.78 is 5.14. The van der Waals surface area contributed by atoms with E-state index in [-0.39, 0.29) is 11.9 Å². The van der Waals surface area contributed by atoms with Gasteiger partial charge < -0.3 is 10.1 Å². The number of hydrogen-bond acceptors (Lipinski definition) is 5. The lowest BCUT2D eigenvalue weighted by atomic mass is 10.1. The fraction of sp³-hybridized carbons (Fsp3) is 0.294. The summed E-state index contributed by atoms with van der Waals surface area (Å²) in [5, 5.41) is 16.8. The van der Waals surface area contributed by atoms with E-state index in [1.165, 1.54) is 0 Å². The van der Waals surface area contributed by atoms with E-state index in [4.69, 9.17) is 4.74 Å². The summed E-state index contributed by atoms with van der Waals surface area (Å²) in [4.78, 5) is 16.7. The highest BCUT2D eigenvalue weighted by Crippen LogP contribution is 2.21. The van der Waals surface area contributed by atoms with Crippen molar-refractivity contribution < 1.29 is 9.53 Å². The molecule has 1 unspecified atom stereocenters. The lowest BCUT2D eigenvalue weighted by molar-refractivity contribution is 0.0928. The van der Waals surface area contributed by atoms with Crippen LogP contribution in [0.3, 0.4) is 0 Å². The van der Waals surface area contributed by atoms with Crippen molar-refractivity contribution in [1.82, 2.24) is 30.7 Å². The number of nitrogens with one attached hydrogen (secondary N) is 3. The van der Waals surface area contributed by atoms with Crippen molar-refractivity contribution in [2.45, 2.75) is 26.3 Å². The van der Waals surface area contributed by atoms with Gasteiger partial charge in [0.1, 0.15) is 17.3 Å². The number of methoxy groups -OCH3 is 1. The van der Waals surface area contributed by atoms with E-state index in [2.05, 4.69) is 30.7 Å². The van der Waals surface area contributed by atoms with E-state index in [1.54, 1.807) is 13.2 Å². The number of nitrogens with zero attached hydrogens (tertiary/aromatic N) is 3. The molecule has 2 heterocycles. The Labute approximate surface area is 145 Å². The SMILES string of the molecule is CCC(NC(=O)c1cc(-c2ccc(OC)cc2)n[nH]1)c1n[nH]c(C)n1. The predicted octanol–water partition coefficient (Wildman–Crippen LogP) is 2.39. The van der Waals surface area contributed by atoms with Crippen LogP contribution in [0.15, 0.2) is 30.3 Å². The molecule has 0 radical (unpaired) electrons. The molecule has 1 amide bonds. The van der Waals surface area contributed by atoms with Gasteiger partial charge in [-0.3, -0.25) is 15.0 Å². The topological polar surface area (TPSA) is 109 Å². The van der Waals surface area contributed by atoms with Gasteiger partial charge in [-0.25, -0.2) is 4.98 Å². The lowest BCUT2D eigenvalue weighted by Crippen LogP contribution is -2.29. The molecule has 0 aliphatic heterocycles. The van der Waals surface area contributed by atoms with Gasteiger partial charge in [0.15, 0.2) is 5.82 Å². The number of carbonyl (C=O) groups is 1. The minimum absolute atomic E-state index is 0.249. The second-order valence-electron chi connectivity index (χ2n) is 5.61. The molecule has 0 aliphatic carbocycles. The largest absolute Gasteiger partial charge is 0.497 e. The van der Waals surface area contributed by atoms with Gasteiger partial charge in [-0.15, -0.1) is 0 Å². The van der Waals surface area contributed by atoms with E-state index >= 15 is 0 Å². The number of carbonyl (C=O) groups excluding carboxylic acids is 1. The molecule has 130 valence electrons. The van der Waals surface area contributed by atoms with Crippen LogP contribution in [-0.2, 0) is 0 Å².